The number of nitrogens with zero attached hydrogens (tertiary/aromatic N) is 2. The third-order valence-electron chi connectivity index (χ3n) is 3.39. The van der Waals surface area contributed by atoms with Crippen molar-refractivity contribution in [3.05, 3.63) is 18.0 Å². The number of anilines is 2. The molecule has 0 radical (unpaired) electrons. The molecule has 0 aromatic carbocycles. The summed E-state index contributed by atoms with van der Waals surface area (Å²) in [6, 6.07) is 1.04. The lowest BCUT2D eigenvalue weighted by atomic mass is 10.0. The molecule has 0 saturated carbocycles. The van der Waals surface area contributed by atoms with Gasteiger partial charge in [-0.25, -0.2) is 4.98 Å². The van der Waals surface area contributed by atoms with Crippen LogP contribution in [0.2, 0.25) is 0 Å². The van der Waals surface area contributed by atoms with Crippen LogP contribution in [0.25, 0.3) is 0 Å². The fourth-order valence-electron chi connectivity index (χ4n) is 2.40. The normalized spacial score (nSPS) is 19.3. The first-order valence-corrected chi connectivity index (χ1v) is 5.82. The molecule has 0 amide bonds. The van der Waals surface area contributed by atoms with Crippen LogP contribution in [0.1, 0.15) is 32.4 Å². The van der Waals surface area contributed by atoms with Crippen molar-refractivity contribution in [3.8, 4) is 0 Å². The molecular formula is C12H16F3N3. The third-order valence-corrected chi connectivity index (χ3v) is 3.39. The molecule has 2 N–H and O–H groups in total. The lowest BCUT2D eigenvalue weighted by Gasteiger charge is -2.34. The van der Waals surface area contributed by atoms with Gasteiger partial charge in [0.15, 0.2) is 0 Å². The summed E-state index contributed by atoms with van der Waals surface area (Å²) in [6.07, 6.45) is -1.45. The van der Waals surface area contributed by atoms with Gasteiger partial charge in [0, 0.05) is 12.1 Å². The summed E-state index contributed by atoms with van der Waals surface area (Å²) in [5.74, 6) is 0. The van der Waals surface area contributed by atoms with Crippen molar-refractivity contribution < 1.29 is 13.2 Å². The standard InChI is InChI=1S/C12H16F3N3/c1-11(2)4-3-5-18(11)9-6-10(12(13,14)15)17-7-8(9)16/h6-7H,3-5,16H2,1-2H3. The number of hydrogen-bond acceptors (Lipinski definition) is 3. The van der Waals surface area contributed by atoms with E-state index in [0.717, 1.165) is 31.6 Å². The lowest BCUT2D eigenvalue weighted by Crippen LogP contribution is -2.38. The fourth-order valence-corrected chi connectivity index (χ4v) is 2.40. The Morgan fingerprint density at radius 2 is 2.06 bits per heavy atom. The fraction of sp³-hybridized carbons (Fsp3) is 0.583. The minimum Gasteiger partial charge on any atom is -0.396 e. The molecule has 1 aromatic heterocycles. The predicted molar refractivity (Wildman–Crippen MR) is 64.3 cm³/mol. The molecule has 0 unspecified atom stereocenters. The molecule has 3 nitrogen and oxygen atoms in total. The Balaban J connectivity index is 2.44. The van der Waals surface area contributed by atoms with Crippen LogP contribution in [-0.2, 0) is 6.18 Å². The Morgan fingerprint density at radius 3 is 2.56 bits per heavy atom. The first-order valence-electron chi connectivity index (χ1n) is 5.82. The van der Waals surface area contributed by atoms with E-state index < -0.39 is 11.9 Å². The monoisotopic (exact) mass is 259 g/mol. The van der Waals surface area contributed by atoms with E-state index in [4.69, 9.17) is 5.73 Å². The average molecular weight is 259 g/mol. The maximum Gasteiger partial charge on any atom is 0.433 e. The maximum absolute atomic E-state index is 12.7. The van der Waals surface area contributed by atoms with E-state index in [-0.39, 0.29) is 11.2 Å². The molecule has 6 heteroatoms. The van der Waals surface area contributed by atoms with Crippen LogP contribution >= 0.6 is 0 Å². The van der Waals surface area contributed by atoms with Gasteiger partial charge in [0.1, 0.15) is 5.69 Å². The summed E-state index contributed by atoms with van der Waals surface area (Å²) < 4.78 is 38.0. The second-order valence-electron chi connectivity index (χ2n) is 5.19. The van der Waals surface area contributed by atoms with Gasteiger partial charge in [0.05, 0.1) is 17.6 Å². The molecule has 0 aliphatic carbocycles. The first kappa shape index (κ1) is 13.0. The molecule has 18 heavy (non-hydrogen) atoms. The molecule has 1 fully saturated rings. The van der Waals surface area contributed by atoms with Gasteiger partial charge >= 0.3 is 6.18 Å². The quantitative estimate of drug-likeness (QED) is 0.842. The second kappa shape index (κ2) is 4.03. The highest BCUT2D eigenvalue weighted by Crippen LogP contribution is 2.39. The van der Waals surface area contributed by atoms with Gasteiger partial charge in [-0.2, -0.15) is 13.2 Å². The summed E-state index contributed by atoms with van der Waals surface area (Å²) in [5.41, 5.74) is 5.42. The molecule has 1 aliphatic rings. The number of pyridine rings is 1. The topological polar surface area (TPSA) is 42.2 Å². The van der Waals surface area contributed by atoms with Crippen molar-refractivity contribution in [2.75, 3.05) is 17.2 Å². The van der Waals surface area contributed by atoms with Crippen LogP contribution in [0.3, 0.4) is 0 Å². The number of halogens is 3. The summed E-state index contributed by atoms with van der Waals surface area (Å²) in [4.78, 5) is 5.28. The van der Waals surface area contributed by atoms with Gasteiger partial charge < -0.3 is 10.6 Å². The number of alkyl halides is 3. The minimum atomic E-state index is -4.44. The molecule has 0 spiro atoms. The number of nitrogens with two attached hydrogens (primary N) is 1. The second-order valence-corrected chi connectivity index (χ2v) is 5.19. The van der Waals surface area contributed by atoms with Crippen LogP contribution in [0.15, 0.2) is 12.3 Å². The Kier molecular flexibility index (Phi) is 2.91. The van der Waals surface area contributed by atoms with Crippen molar-refractivity contribution >= 4 is 11.4 Å². The van der Waals surface area contributed by atoms with E-state index in [1.165, 1.54) is 0 Å². The Bertz CT molecular complexity index is 454. The smallest absolute Gasteiger partial charge is 0.396 e. The number of hydrogen-bond donors (Lipinski definition) is 1. The summed E-state index contributed by atoms with van der Waals surface area (Å²) in [6.45, 7) is 4.73. The molecule has 1 aliphatic heterocycles. The van der Waals surface area contributed by atoms with E-state index >= 15 is 0 Å². The third kappa shape index (κ3) is 2.23. The predicted octanol–water partition coefficient (Wildman–Crippen LogP) is 3.06. The van der Waals surface area contributed by atoms with E-state index in [0.29, 0.717) is 5.69 Å². The van der Waals surface area contributed by atoms with Gasteiger partial charge in [0.25, 0.3) is 0 Å². The van der Waals surface area contributed by atoms with Crippen molar-refractivity contribution in [3.63, 3.8) is 0 Å². The van der Waals surface area contributed by atoms with Crippen LogP contribution in [-0.4, -0.2) is 17.1 Å². The van der Waals surface area contributed by atoms with Gasteiger partial charge in [-0.05, 0) is 32.8 Å². The summed E-state index contributed by atoms with van der Waals surface area (Å²) in [7, 11) is 0. The zero-order valence-corrected chi connectivity index (χ0v) is 10.4. The number of rotatable bonds is 1. The van der Waals surface area contributed by atoms with E-state index in [1.54, 1.807) is 0 Å². The molecule has 2 rings (SSSR count). The van der Waals surface area contributed by atoms with Crippen LogP contribution in [0.5, 0.6) is 0 Å². The molecule has 0 bridgehead atoms. The zero-order chi connectivity index (χ0) is 13.6. The van der Waals surface area contributed by atoms with Gasteiger partial charge in [-0.3, -0.25) is 0 Å². The summed E-state index contributed by atoms with van der Waals surface area (Å²) in [5, 5.41) is 0. The van der Waals surface area contributed by atoms with Crippen molar-refractivity contribution in [1.29, 1.82) is 0 Å². The molecule has 0 atom stereocenters. The molecule has 100 valence electrons. The highest BCUT2D eigenvalue weighted by molar-refractivity contribution is 5.68. The SMILES string of the molecule is CC1(C)CCCN1c1cc(C(F)(F)F)ncc1N. The Morgan fingerprint density at radius 1 is 1.39 bits per heavy atom. The zero-order valence-electron chi connectivity index (χ0n) is 10.4. The lowest BCUT2D eigenvalue weighted by molar-refractivity contribution is -0.141. The van der Waals surface area contributed by atoms with Gasteiger partial charge in [-0.1, -0.05) is 0 Å². The van der Waals surface area contributed by atoms with Crippen molar-refractivity contribution in [2.45, 2.75) is 38.4 Å². The highest BCUT2D eigenvalue weighted by Gasteiger charge is 2.37. The molecule has 1 aromatic rings. The van der Waals surface area contributed by atoms with Crippen LogP contribution in [0, 0.1) is 0 Å². The van der Waals surface area contributed by atoms with Crippen LogP contribution < -0.4 is 10.6 Å². The molecule has 2 heterocycles. The summed E-state index contributed by atoms with van der Waals surface area (Å²) >= 11 is 0. The van der Waals surface area contributed by atoms with E-state index in [1.807, 2.05) is 18.7 Å². The number of nitrogen functional groups attached to an aromatic ring is 1. The van der Waals surface area contributed by atoms with Gasteiger partial charge in [-0.15, -0.1) is 0 Å². The van der Waals surface area contributed by atoms with Crippen LogP contribution in [0.4, 0.5) is 24.5 Å². The van der Waals surface area contributed by atoms with Gasteiger partial charge in [0.2, 0.25) is 0 Å². The van der Waals surface area contributed by atoms with Crippen molar-refractivity contribution in [2.24, 2.45) is 0 Å². The highest BCUT2D eigenvalue weighted by atomic mass is 19.4. The van der Waals surface area contributed by atoms with E-state index in [9.17, 15) is 13.2 Å². The molecule has 1 saturated heterocycles. The first-order chi connectivity index (χ1) is 8.22. The average Bonchev–Trinajstić information content (AvgIpc) is 2.57. The van der Waals surface area contributed by atoms with Crippen molar-refractivity contribution in [1.82, 2.24) is 4.98 Å². The largest absolute Gasteiger partial charge is 0.433 e. The van der Waals surface area contributed by atoms with E-state index in [2.05, 4.69) is 4.98 Å². The molecular weight excluding hydrogens is 243 g/mol. The minimum absolute atomic E-state index is 0.168. The maximum atomic E-state index is 12.7. The Labute approximate surface area is 104 Å². The number of aromatic nitrogens is 1. The Hall–Kier alpha value is -1.46.